The van der Waals surface area contributed by atoms with Crippen molar-refractivity contribution in [1.29, 1.82) is 0 Å². The fraction of sp³-hybridized carbons (Fsp3) is 0.486. The molecule has 3 aromatic rings. The second-order valence-electron chi connectivity index (χ2n) is 12.6. The van der Waals surface area contributed by atoms with E-state index in [0.717, 1.165) is 40.4 Å². The van der Waals surface area contributed by atoms with Crippen LogP contribution in [-0.2, 0) is 23.9 Å². The Morgan fingerprint density at radius 3 is 2.14 bits per heavy atom. The summed E-state index contributed by atoms with van der Waals surface area (Å²) in [5.41, 5.74) is 1.91. The minimum atomic E-state index is -1.07. The number of imidazole rings is 1. The molecule has 3 rings (SSSR count). The molecule has 9 nitrogen and oxygen atoms in total. The first-order valence-corrected chi connectivity index (χ1v) is 14.9. The number of aryl methyl sites for hydroxylation is 2. The SMILES string of the molecule is COC(=O)C(C)(C)CC(C)(CCC(C)C)C(=O)C(=O)OCCOc1cc(C)c(-n2ccnc2-c2ccc(OC)cc2)c(C)c1. The van der Waals surface area contributed by atoms with Crippen LogP contribution in [0, 0.1) is 30.6 Å². The van der Waals surface area contributed by atoms with Gasteiger partial charge in [0, 0.05) is 23.4 Å². The van der Waals surface area contributed by atoms with Crippen LogP contribution in [0.1, 0.15) is 65.0 Å². The van der Waals surface area contributed by atoms with Crippen LogP contribution in [0.15, 0.2) is 48.8 Å². The van der Waals surface area contributed by atoms with E-state index in [9.17, 15) is 14.4 Å². The maximum absolute atomic E-state index is 13.4. The first-order valence-electron chi connectivity index (χ1n) is 14.9. The molecule has 44 heavy (non-hydrogen) atoms. The number of esters is 2. The summed E-state index contributed by atoms with van der Waals surface area (Å²) in [7, 11) is 2.95. The van der Waals surface area contributed by atoms with Gasteiger partial charge in [0.2, 0.25) is 5.78 Å². The molecule has 0 radical (unpaired) electrons. The number of carbonyl (C=O) groups excluding carboxylic acids is 3. The van der Waals surface area contributed by atoms with Crippen LogP contribution in [0.5, 0.6) is 11.5 Å². The van der Waals surface area contributed by atoms with Crippen molar-refractivity contribution in [2.24, 2.45) is 16.7 Å². The largest absolute Gasteiger partial charge is 0.497 e. The van der Waals surface area contributed by atoms with Crippen molar-refractivity contribution < 1.29 is 33.3 Å². The lowest BCUT2D eigenvalue weighted by molar-refractivity contribution is -0.162. The van der Waals surface area contributed by atoms with Crippen LogP contribution in [0.2, 0.25) is 0 Å². The molecule has 238 valence electrons. The summed E-state index contributed by atoms with van der Waals surface area (Å²) in [6, 6.07) is 11.6. The summed E-state index contributed by atoms with van der Waals surface area (Å²) in [6.45, 7) is 13.3. The van der Waals surface area contributed by atoms with Crippen molar-refractivity contribution in [3.8, 4) is 28.6 Å². The highest BCUT2D eigenvalue weighted by atomic mass is 16.6. The van der Waals surface area contributed by atoms with Gasteiger partial charge >= 0.3 is 11.9 Å². The Labute approximate surface area is 260 Å². The molecule has 0 N–H and O–H groups in total. The quantitative estimate of drug-likeness (QED) is 0.107. The van der Waals surface area contributed by atoms with Crippen molar-refractivity contribution in [3.63, 3.8) is 0 Å². The first kappa shape index (κ1) is 34.4. The average Bonchev–Trinajstić information content (AvgIpc) is 3.46. The number of carbonyl (C=O) groups is 3. The van der Waals surface area contributed by atoms with E-state index in [1.54, 1.807) is 34.1 Å². The highest BCUT2D eigenvalue weighted by Gasteiger charge is 2.45. The molecule has 0 saturated heterocycles. The van der Waals surface area contributed by atoms with Gasteiger partial charge in [0.15, 0.2) is 0 Å². The maximum Gasteiger partial charge on any atom is 0.375 e. The molecule has 1 heterocycles. The molecule has 0 bridgehead atoms. The van der Waals surface area contributed by atoms with Gasteiger partial charge in [-0.25, -0.2) is 9.78 Å². The summed E-state index contributed by atoms with van der Waals surface area (Å²) in [6.07, 6.45) is 5.05. The third-order valence-electron chi connectivity index (χ3n) is 7.86. The second-order valence-corrected chi connectivity index (χ2v) is 12.6. The Balaban J connectivity index is 1.66. The van der Waals surface area contributed by atoms with Crippen molar-refractivity contribution in [2.45, 2.75) is 67.7 Å². The number of hydrogen-bond donors (Lipinski definition) is 0. The normalized spacial score (nSPS) is 12.9. The number of nitrogens with zero attached hydrogens (tertiary/aromatic N) is 2. The molecule has 1 unspecified atom stereocenters. The van der Waals surface area contributed by atoms with Crippen LogP contribution in [0.3, 0.4) is 0 Å². The first-order chi connectivity index (χ1) is 20.7. The number of aromatic nitrogens is 2. The Morgan fingerprint density at radius 1 is 0.932 bits per heavy atom. The number of ketones is 1. The van der Waals surface area contributed by atoms with Crippen molar-refractivity contribution in [3.05, 3.63) is 59.9 Å². The predicted octanol–water partition coefficient (Wildman–Crippen LogP) is 6.69. The zero-order valence-electron chi connectivity index (χ0n) is 27.5. The third-order valence-corrected chi connectivity index (χ3v) is 7.86. The van der Waals surface area contributed by atoms with Crippen LogP contribution < -0.4 is 9.47 Å². The highest BCUT2D eigenvalue weighted by Crippen LogP contribution is 2.40. The molecule has 0 spiro atoms. The number of methoxy groups -OCH3 is 2. The lowest BCUT2D eigenvalue weighted by Gasteiger charge is -2.34. The smallest absolute Gasteiger partial charge is 0.375 e. The van der Waals surface area contributed by atoms with E-state index in [0.29, 0.717) is 18.1 Å². The van der Waals surface area contributed by atoms with Gasteiger partial charge in [-0.2, -0.15) is 0 Å². The Bertz CT molecular complexity index is 1430. The number of hydrogen-bond acceptors (Lipinski definition) is 8. The fourth-order valence-electron chi connectivity index (χ4n) is 5.64. The van der Waals surface area contributed by atoms with E-state index >= 15 is 0 Å². The molecule has 0 saturated carbocycles. The number of benzene rings is 2. The molecule has 0 aliphatic rings. The van der Waals surface area contributed by atoms with Gasteiger partial charge in [0.1, 0.15) is 30.5 Å². The second kappa shape index (κ2) is 14.6. The molecule has 9 heteroatoms. The van der Waals surface area contributed by atoms with Gasteiger partial charge < -0.3 is 18.9 Å². The maximum atomic E-state index is 13.4. The minimum absolute atomic E-state index is 0.0791. The van der Waals surface area contributed by atoms with Crippen LogP contribution in [0.25, 0.3) is 17.1 Å². The van der Waals surface area contributed by atoms with E-state index in [4.69, 9.17) is 18.9 Å². The van der Waals surface area contributed by atoms with E-state index in [1.165, 1.54) is 7.11 Å². The van der Waals surface area contributed by atoms with E-state index in [2.05, 4.69) is 18.8 Å². The van der Waals surface area contributed by atoms with Crippen LogP contribution in [-0.4, -0.2) is 54.7 Å². The molecule has 2 aromatic carbocycles. The van der Waals surface area contributed by atoms with Gasteiger partial charge in [0.25, 0.3) is 0 Å². The van der Waals surface area contributed by atoms with Crippen molar-refractivity contribution >= 4 is 17.7 Å². The van der Waals surface area contributed by atoms with Crippen LogP contribution in [0.4, 0.5) is 0 Å². The van der Waals surface area contributed by atoms with Gasteiger partial charge in [-0.15, -0.1) is 0 Å². The zero-order valence-corrected chi connectivity index (χ0v) is 27.5. The molecule has 1 atom stereocenters. The monoisotopic (exact) mass is 606 g/mol. The summed E-state index contributed by atoms with van der Waals surface area (Å²) in [5.74, 6) is 0.545. The number of Topliss-reactive ketones (excluding diaryl/α,β-unsaturated/α-hetero) is 1. The Morgan fingerprint density at radius 2 is 1.57 bits per heavy atom. The number of rotatable bonds is 15. The molecule has 0 amide bonds. The Kier molecular flexibility index (Phi) is 11.4. The zero-order chi connectivity index (χ0) is 32.7. The average molecular weight is 607 g/mol. The molecule has 1 aromatic heterocycles. The van der Waals surface area contributed by atoms with E-state index < -0.39 is 28.6 Å². The third kappa shape index (κ3) is 8.27. The topological polar surface area (TPSA) is 106 Å². The summed E-state index contributed by atoms with van der Waals surface area (Å²) in [5, 5.41) is 0. The number of ether oxygens (including phenoxy) is 4. The van der Waals surface area contributed by atoms with Gasteiger partial charge in [-0.05, 0) is 94.0 Å². The van der Waals surface area contributed by atoms with E-state index in [-0.39, 0.29) is 19.6 Å². The van der Waals surface area contributed by atoms with Crippen LogP contribution >= 0.6 is 0 Å². The van der Waals surface area contributed by atoms with Crippen molar-refractivity contribution in [2.75, 3.05) is 27.4 Å². The summed E-state index contributed by atoms with van der Waals surface area (Å²) >= 11 is 0. The molecule has 0 fully saturated rings. The molecule has 0 aliphatic carbocycles. The highest BCUT2D eigenvalue weighted by molar-refractivity contribution is 6.35. The van der Waals surface area contributed by atoms with Gasteiger partial charge in [0.05, 0.1) is 25.3 Å². The van der Waals surface area contributed by atoms with Gasteiger partial charge in [-0.3, -0.25) is 14.2 Å². The molecular weight excluding hydrogens is 560 g/mol. The van der Waals surface area contributed by atoms with E-state index in [1.807, 2.05) is 61.0 Å². The standard InChI is InChI=1S/C35H46N2O7/c1-23(2)14-15-35(7,22-34(5,6)33(40)42-9)30(38)32(39)44-19-18-43-28-20-24(3)29(25(4)21-28)37-17-16-36-31(37)26-10-12-27(41-8)13-11-26/h10-13,16-17,20-21,23H,14-15,18-19,22H2,1-9H3. The predicted molar refractivity (Wildman–Crippen MR) is 169 cm³/mol. The molecular formula is C35H46N2O7. The summed E-state index contributed by atoms with van der Waals surface area (Å²) < 4.78 is 23.5. The molecule has 0 aliphatic heterocycles. The van der Waals surface area contributed by atoms with Crippen molar-refractivity contribution in [1.82, 2.24) is 9.55 Å². The lowest BCUT2D eigenvalue weighted by Crippen LogP contribution is -2.41. The summed E-state index contributed by atoms with van der Waals surface area (Å²) in [4.78, 5) is 43.2. The minimum Gasteiger partial charge on any atom is -0.497 e. The lowest BCUT2D eigenvalue weighted by atomic mass is 9.68. The Hall–Kier alpha value is -4.14. The van der Waals surface area contributed by atoms with Gasteiger partial charge in [-0.1, -0.05) is 27.2 Å². The fourth-order valence-corrected chi connectivity index (χ4v) is 5.64.